The van der Waals surface area contributed by atoms with Crippen molar-refractivity contribution in [1.29, 1.82) is 0 Å². The summed E-state index contributed by atoms with van der Waals surface area (Å²) in [6.07, 6.45) is 0.973. The van der Waals surface area contributed by atoms with Gasteiger partial charge < -0.3 is 10.1 Å². The number of nitrogens with zero attached hydrogens (tertiary/aromatic N) is 4. The number of hydrogen-bond acceptors (Lipinski definition) is 6. The molecule has 4 rings (SSSR count). The Balaban J connectivity index is 1.36. The number of fused-ring (bicyclic) bond motifs is 1. The number of carbonyl (C=O) groups excluding carboxylic acids is 1. The predicted molar refractivity (Wildman–Crippen MR) is 109 cm³/mol. The van der Waals surface area contributed by atoms with E-state index in [1.54, 1.807) is 4.52 Å². The third-order valence-corrected chi connectivity index (χ3v) is 5.21. The highest BCUT2D eigenvalue weighted by Gasteiger charge is 2.11. The summed E-state index contributed by atoms with van der Waals surface area (Å²) in [5.74, 6) is 1.23. The highest BCUT2D eigenvalue weighted by molar-refractivity contribution is 7.19. The van der Waals surface area contributed by atoms with E-state index in [-0.39, 0.29) is 12.5 Å². The summed E-state index contributed by atoms with van der Waals surface area (Å²) in [7, 11) is 0. The van der Waals surface area contributed by atoms with E-state index in [9.17, 15) is 4.79 Å². The fourth-order valence-electron chi connectivity index (χ4n) is 2.69. The summed E-state index contributed by atoms with van der Waals surface area (Å²) >= 11 is 1.47. The minimum absolute atomic E-state index is 0.0385. The minimum atomic E-state index is -0.207. The SMILES string of the molecule is CCc1ccc(OCC(=O)Nc2ccc(-c3nn4c(C)nnc4s3)cc2)cc1. The van der Waals surface area contributed by atoms with E-state index < -0.39 is 0 Å². The molecular weight excluding hydrogens is 374 g/mol. The highest BCUT2D eigenvalue weighted by atomic mass is 32.1. The second-order valence-electron chi connectivity index (χ2n) is 6.26. The Morgan fingerprint density at radius 2 is 1.86 bits per heavy atom. The van der Waals surface area contributed by atoms with Gasteiger partial charge in [-0.25, -0.2) is 0 Å². The summed E-state index contributed by atoms with van der Waals surface area (Å²) in [5.41, 5.74) is 2.90. The van der Waals surface area contributed by atoms with Gasteiger partial charge in [0.1, 0.15) is 10.8 Å². The first-order valence-corrected chi connectivity index (χ1v) is 9.75. The summed E-state index contributed by atoms with van der Waals surface area (Å²) in [4.78, 5) is 12.9. The maximum Gasteiger partial charge on any atom is 0.262 e. The molecular formula is C20H19N5O2S. The maximum atomic E-state index is 12.1. The van der Waals surface area contributed by atoms with Gasteiger partial charge >= 0.3 is 0 Å². The molecule has 142 valence electrons. The molecule has 0 fully saturated rings. The van der Waals surface area contributed by atoms with Gasteiger partial charge in [0.05, 0.1) is 0 Å². The Hall–Kier alpha value is -3.26. The number of ether oxygens (including phenoxy) is 1. The number of carbonyl (C=O) groups is 1. The van der Waals surface area contributed by atoms with Gasteiger partial charge in [-0.2, -0.15) is 9.61 Å². The average Bonchev–Trinajstić information content (AvgIpc) is 3.29. The van der Waals surface area contributed by atoms with Crippen molar-refractivity contribution in [3.8, 4) is 16.3 Å². The third kappa shape index (κ3) is 3.86. The van der Waals surface area contributed by atoms with Crippen LogP contribution in [0.2, 0.25) is 0 Å². The highest BCUT2D eigenvalue weighted by Crippen LogP contribution is 2.26. The molecule has 8 heteroatoms. The quantitative estimate of drug-likeness (QED) is 0.540. The number of anilines is 1. The third-order valence-electron chi connectivity index (χ3n) is 4.26. The van der Waals surface area contributed by atoms with Gasteiger partial charge in [-0.3, -0.25) is 4.79 Å². The van der Waals surface area contributed by atoms with Crippen molar-refractivity contribution in [3.05, 3.63) is 59.9 Å². The van der Waals surface area contributed by atoms with Crippen LogP contribution < -0.4 is 10.1 Å². The van der Waals surface area contributed by atoms with Crippen molar-refractivity contribution in [1.82, 2.24) is 19.8 Å². The number of nitrogens with one attached hydrogen (secondary N) is 1. The number of hydrogen-bond donors (Lipinski definition) is 1. The zero-order valence-electron chi connectivity index (χ0n) is 15.5. The van der Waals surface area contributed by atoms with Gasteiger partial charge in [-0.05, 0) is 55.3 Å². The topological polar surface area (TPSA) is 81.4 Å². The minimum Gasteiger partial charge on any atom is -0.484 e. The fraction of sp³-hybridized carbons (Fsp3) is 0.200. The van der Waals surface area contributed by atoms with Crippen LogP contribution in [0.15, 0.2) is 48.5 Å². The molecule has 2 aromatic heterocycles. The van der Waals surface area contributed by atoms with E-state index in [2.05, 4.69) is 27.5 Å². The number of aromatic nitrogens is 4. The van der Waals surface area contributed by atoms with Gasteiger partial charge in [0.25, 0.3) is 5.91 Å². The fourth-order valence-corrected chi connectivity index (χ4v) is 3.59. The second-order valence-corrected chi connectivity index (χ2v) is 7.22. The number of rotatable bonds is 6. The van der Waals surface area contributed by atoms with Crippen molar-refractivity contribution >= 4 is 27.9 Å². The van der Waals surface area contributed by atoms with Crippen LogP contribution in [-0.4, -0.2) is 32.3 Å². The van der Waals surface area contributed by atoms with Gasteiger partial charge in [0.15, 0.2) is 12.4 Å². The molecule has 1 amide bonds. The van der Waals surface area contributed by atoms with E-state index in [1.807, 2.05) is 55.5 Å². The monoisotopic (exact) mass is 393 g/mol. The first-order chi connectivity index (χ1) is 13.6. The molecule has 1 N–H and O–H groups in total. The van der Waals surface area contributed by atoms with Gasteiger partial charge in [-0.15, -0.1) is 10.2 Å². The van der Waals surface area contributed by atoms with Crippen molar-refractivity contribution in [2.24, 2.45) is 0 Å². The Labute approximate surface area is 166 Å². The standard InChI is InChI=1S/C20H19N5O2S/c1-3-14-4-10-17(11-5-14)27-12-18(26)21-16-8-6-15(7-9-16)19-24-25-13(2)22-23-20(25)28-19/h4-11H,3,12H2,1-2H3,(H,21,26). The molecule has 7 nitrogen and oxygen atoms in total. The van der Waals surface area contributed by atoms with Gasteiger partial charge in [0.2, 0.25) is 4.96 Å². The molecule has 0 saturated carbocycles. The van der Waals surface area contributed by atoms with E-state index in [4.69, 9.17) is 4.74 Å². The molecule has 4 aromatic rings. The molecule has 0 saturated heterocycles. The van der Waals surface area contributed by atoms with E-state index in [0.29, 0.717) is 11.4 Å². The first-order valence-electron chi connectivity index (χ1n) is 8.93. The Kier molecular flexibility index (Phi) is 5.03. The number of aryl methyl sites for hydroxylation is 2. The molecule has 0 bridgehead atoms. The molecule has 0 aliphatic carbocycles. The smallest absolute Gasteiger partial charge is 0.262 e. The summed E-state index contributed by atoms with van der Waals surface area (Å²) in [5, 5.41) is 16.3. The summed E-state index contributed by atoms with van der Waals surface area (Å²) in [6.45, 7) is 3.92. The van der Waals surface area contributed by atoms with Gasteiger partial charge in [0, 0.05) is 11.3 Å². The van der Waals surface area contributed by atoms with Crippen molar-refractivity contribution in [3.63, 3.8) is 0 Å². The van der Waals surface area contributed by atoms with Crippen molar-refractivity contribution < 1.29 is 9.53 Å². The lowest BCUT2D eigenvalue weighted by Crippen LogP contribution is -2.20. The van der Waals surface area contributed by atoms with E-state index in [0.717, 1.165) is 27.8 Å². The van der Waals surface area contributed by atoms with Crippen LogP contribution in [0, 0.1) is 6.92 Å². The lowest BCUT2D eigenvalue weighted by Gasteiger charge is -2.08. The lowest BCUT2D eigenvalue weighted by molar-refractivity contribution is -0.118. The molecule has 0 unspecified atom stereocenters. The normalized spacial score (nSPS) is 10.9. The summed E-state index contributed by atoms with van der Waals surface area (Å²) in [6, 6.07) is 15.3. The number of amides is 1. The van der Waals surface area contributed by atoms with Crippen LogP contribution in [-0.2, 0) is 11.2 Å². The van der Waals surface area contributed by atoms with Gasteiger partial charge in [-0.1, -0.05) is 30.4 Å². The van der Waals surface area contributed by atoms with Crippen LogP contribution >= 0.6 is 11.3 Å². The second kappa shape index (κ2) is 7.77. The number of benzene rings is 2. The van der Waals surface area contributed by atoms with Crippen LogP contribution in [0.5, 0.6) is 5.75 Å². The zero-order valence-corrected chi connectivity index (χ0v) is 16.4. The Bertz CT molecular complexity index is 1100. The maximum absolute atomic E-state index is 12.1. The van der Waals surface area contributed by atoms with Crippen LogP contribution in [0.3, 0.4) is 0 Å². The summed E-state index contributed by atoms with van der Waals surface area (Å²) < 4.78 is 7.25. The molecule has 0 aliphatic heterocycles. The zero-order chi connectivity index (χ0) is 19.5. The van der Waals surface area contributed by atoms with Crippen LogP contribution in [0.1, 0.15) is 18.3 Å². The molecule has 0 aliphatic rings. The molecule has 0 spiro atoms. The Morgan fingerprint density at radius 3 is 2.54 bits per heavy atom. The molecule has 28 heavy (non-hydrogen) atoms. The lowest BCUT2D eigenvalue weighted by atomic mass is 10.2. The van der Waals surface area contributed by atoms with Crippen molar-refractivity contribution in [2.75, 3.05) is 11.9 Å². The van der Waals surface area contributed by atoms with E-state index >= 15 is 0 Å². The first kappa shape index (κ1) is 18.1. The molecule has 2 aromatic carbocycles. The Morgan fingerprint density at radius 1 is 1.11 bits per heavy atom. The predicted octanol–water partition coefficient (Wildman–Crippen LogP) is 3.74. The largest absolute Gasteiger partial charge is 0.484 e. The van der Waals surface area contributed by atoms with Crippen LogP contribution in [0.25, 0.3) is 15.5 Å². The molecule has 2 heterocycles. The molecule has 0 radical (unpaired) electrons. The van der Waals surface area contributed by atoms with Crippen molar-refractivity contribution in [2.45, 2.75) is 20.3 Å². The van der Waals surface area contributed by atoms with Crippen LogP contribution in [0.4, 0.5) is 5.69 Å². The van der Waals surface area contributed by atoms with E-state index in [1.165, 1.54) is 16.9 Å². The molecule has 0 atom stereocenters. The average molecular weight is 393 g/mol.